The number of nitrogens with one attached hydrogen (secondary N) is 1. The largest absolute Gasteiger partial charge is 0.368 e. The summed E-state index contributed by atoms with van der Waals surface area (Å²) in [6.45, 7) is 4.50. The predicted molar refractivity (Wildman–Crippen MR) is 96.6 cm³/mol. The molecule has 0 bridgehead atoms. The molecule has 1 fully saturated rings. The highest BCUT2D eigenvalue weighted by atomic mass is 32.1. The summed E-state index contributed by atoms with van der Waals surface area (Å²) >= 11 is 1.41. The van der Waals surface area contributed by atoms with Crippen LogP contribution < -0.4 is 10.2 Å². The zero-order chi connectivity index (χ0) is 17.8. The molecule has 1 aliphatic rings. The maximum atomic E-state index is 13.0. The van der Waals surface area contributed by atoms with Gasteiger partial charge in [-0.05, 0) is 43.3 Å². The van der Waals surface area contributed by atoms with Crippen molar-refractivity contribution in [2.45, 2.75) is 6.92 Å². The zero-order valence-electron chi connectivity index (χ0n) is 14.0. The van der Waals surface area contributed by atoms with E-state index < -0.39 is 0 Å². The summed E-state index contributed by atoms with van der Waals surface area (Å²) in [7, 11) is 0. The van der Waals surface area contributed by atoms with Crippen molar-refractivity contribution in [3.63, 3.8) is 0 Å². The van der Waals surface area contributed by atoms with Gasteiger partial charge in [-0.1, -0.05) is 0 Å². The summed E-state index contributed by atoms with van der Waals surface area (Å²) < 4.78 is 13.0. The van der Waals surface area contributed by atoms with E-state index >= 15 is 0 Å². The standard InChI is InChI=1S/C18H20FN3O2S/c1-13-2-7-16(25-13)18(24)20-12-17(23)22-10-8-21(9-11-22)15-5-3-14(19)4-6-15/h2-7H,8-12H2,1H3,(H,20,24). The Morgan fingerprint density at radius 2 is 1.76 bits per heavy atom. The molecule has 0 saturated carbocycles. The van der Waals surface area contributed by atoms with Crippen LogP contribution in [0, 0.1) is 12.7 Å². The van der Waals surface area contributed by atoms with Crippen LogP contribution in [0.25, 0.3) is 0 Å². The van der Waals surface area contributed by atoms with Crippen LogP contribution in [-0.4, -0.2) is 49.4 Å². The minimum atomic E-state index is -0.255. The molecule has 2 aromatic rings. The van der Waals surface area contributed by atoms with Crippen LogP contribution >= 0.6 is 11.3 Å². The first-order chi connectivity index (χ1) is 12.0. The van der Waals surface area contributed by atoms with E-state index in [-0.39, 0.29) is 24.2 Å². The van der Waals surface area contributed by atoms with Crippen LogP contribution in [0.5, 0.6) is 0 Å². The second kappa shape index (κ2) is 7.65. The van der Waals surface area contributed by atoms with Gasteiger partial charge >= 0.3 is 0 Å². The Labute approximate surface area is 150 Å². The molecular weight excluding hydrogens is 341 g/mol. The van der Waals surface area contributed by atoms with E-state index in [9.17, 15) is 14.0 Å². The monoisotopic (exact) mass is 361 g/mol. The molecule has 0 radical (unpaired) electrons. The normalized spacial score (nSPS) is 14.5. The number of nitrogens with zero attached hydrogens (tertiary/aromatic N) is 2. The molecule has 1 aliphatic heterocycles. The minimum Gasteiger partial charge on any atom is -0.368 e. The Kier molecular flexibility index (Phi) is 5.33. The van der Waals surface area contributed by atoms with Crippen LogP contribution in [-0.2, 0) is 4.79 Å². The highest BCUT2D eigenvalue weighted by molar-refractivity contribution is 7.13. The lowest BCUT2D eigenvalue weighted by molar-refractivity contribution is -0.130. The lowest BCUT2D eigenvalue weighted by Gasteiger charge is -2.36. The number of hydrogen-bond acceptors (Lipinski definition) is 4. The first-order valence-corrected chi connectivity index (χ1v) is 8.97. The molecule has 5 nitrogen and oxygen atoms in total. The van der Waals surface area contributed by atoms with Gasteiger partial charge < -0.3 is 15.1 Å². The second-order valence-corrected chi connectivity index (χ2v) is 7.23. The molecule has 1 aromatic heterocycles. The van der Waals surface area contributed by atoms with Crippen LogP contribution in [0.2, 0.25) is 0 Å². The maximum absolute atomic E-state index is 13.0. The number of benzene rings is 1. The molecule has 2 heterocycles. The number of rotatable bonds is 4. The Balaban J connectivity index is 1.46. The second-order valence-electron chi connectivity index (χ2n) is 5.94. The van der Waals surface area contributed by atoms with Gasteiger partial charge in [-0.15, -0.1) is 11.3 Å². The van der Waals surface area contributed by atoms with Gasteiger partial charge in [0.1, 0.15) is 5.82 Å². The molecule has 1 saturated heterocycles. The maximum Gasteiger partial charge on any atom is 0.261 e. The third kappa shape index (κ3) is 4.36. The minimum absolute atomic E-state index is 0.00628. The number of thiophene rings is 1. The van der Waals surface area contributed by atoms with Crippen molar-refractivity contribution >= 4 is 28.8 Å². The number of halogens is 1. The fourth-order valence-electron chi connectivity index (χ4n) is 2.78. The summed E-state index contributed by atoms with van der Waals surface area (Å²) in [5.41, 5.74) is 0.954. The number of anilines is 1. The molecule has 7 heteroatoms. The van der Waals surface area contributed by atoms with E-state index in [1.54, 1.807) is 23.1 Å². The van der Waals surface area contributed by atoms with E-state index in [0.717, 1.165) is 10.6 Å². The molecule has 0 unspecified atom stereocenters. The summed E-state index contributed by atoms with van der Waals surface area (Å²) in [5.74, 6) is -0.550. The third-order valence-corrected chi connectivity index (χ3v) is 5.19. The van der Waals surface area contributed by atoms with Crippen LogP contribution in [0.3, 0.4) is 0 Å². The van der Waals surface area contributed by atoms with Crippen molar-refractivity contribution < 1.29 is 14.0 Å². The quantitative estimate of drug-likeness (QED) is 0.909. The molecular formula is C18H20FN3O2S. The number of carbonyl (C=O) groups is 2. The van der Waals surface area contributed by atoms with E-state index in [1.807, 2.05) is 13.0 Å². The van der Waals surface area contributed by atoms with Crippen molar-refractivity contribution in [1.29, 1.82) is 0 Å². The van der Waals surface area contributed by atoms with E-state index in [2.05, 4.69) is 10.2 Å². The summed E-state index contributed by atoms with van der Waals surface area (Å²) in [6.07, 6.45) is 0. The number of hydrogen-bond donors (Lipinski definition) is 1. The lowest BCUT2D eigenvalue weighted by atomic mass is 10.2. The highest BCUT2D eigenvalue weighted by Gasteiger charge is 2.21. The van der Waals surface area contributed by atoms with Gasteiger partial charge in [0.25, 0.3) is 5.91 Å². The molecule has 0 spiro atoms. The first-order valence-electron chi connectivity index (χ1n) is 8.16. The number of amides is 2. The van der Waals surface area contributed by atoms with Gasteiger partial charge in [0, 0.05) is 36.7 Å². The highest BCUT2D eigenvalue weighted by Crippen LogP contribution is 2.17. The summed E-state index contributed by atoms with van der Waals surface area (Å²) in [5, 5.41) is 2.68. The van der Waals surface area contributed by atoms with E-state index in [0.29, 0.717) is 31.1 Å². The van der Waals surface area contributed by atoms with Crippen LogP contribution in [0.15, 0.2) is 36.4 Å². The summed E-state index contributed by atoms with van der Waals surface area (Å²) in [4.78, 5) is 29.8. The van der Waals surface area contributed by atoms with Crippen molar-refractivity contribution in [2.75, 3.05) is 37.6 Å². The Hall–Kier alpha value is -2.41. The van der Waals surface area contributed by atoms with Gasteiger partial charge in [-0.2, -0.15) is 0 Å². The Morgan fingerprint density at radius 1 is 1.08 bits per heavy atom. The molecule has 1 N–H and O–H groups in total. The molecule has 0 aliphatic carbocycles. The molecule has 1 aromatic carbocycles. The van der Waals surface area contributed by atoms with Crippen molar-refractivity contribution in [2.24, 2.45) is 0 Å². The van der Waals surface area contributed by atoms with Crippen LogP contribution in [0.4, 0.5) is 10.1 Å². The van der Waals surface area contributed by atoms with Crippen molar-refractivity contribution in [3.05, 3.63) is 52.0 Å². The number of piperazine rings is 1. The van der Waals surface area contributed by atoms with Crippen molar-refractivity contribution in [1.82, 2.24) is 10.2 Å². The van der Waals surface area contributed by atoms with Gasteiger partial charge in [-0.3, -0.25) is 9.59 Å². The Bertz CT molecular complexity index is 752. The lowest BCUT2D eigenvalue weighted by Crippen LogP contribution is -2.51. The third-order valence-electron chi connectivity index (χ3n) is 4.19. The van der Waals surface area contributed by atoms with Crippen LogP contribution in [0.1, 0.15) is 14.5 Å². The Morgan fingerprint density at radius 3 is 2.36 bits per heavy atom. The molecule has 0 atom stereocenters. The van der Waals surface area contributed by atoms with Crippen molar-refractivity contribution in [3.8, 4) is 0 Å². The van der Waals surface area contributed by atoms with Gasteiger partial charge in [0.2, 0.25) is 5.91 Å². The molecule has 2 amide bonds. The van der Waals surface area contributed by atoms with E-state index in [1.165, 1.54) is 23.5 Å². The average molecular weight is 361 g/mol. The molecule has 25 heavy (non-hydrogen) atoms. The predicted octanol–water partition coefficient (Wildman–Crippen LogP) is 2.27. The fourth-order valence-corrected chi connectivity index (χ4v) is 3.56. The SMILES string of the molecule is Cc1ccc(C(=O)NCC(=O)N2CCN(c3ccc(F)cc3)CC2)s1. The smallest absolute Gasteiger partial charge is 0.261 e. The first kappa shape index (κ1) is 17.4. The molecule has 3 rings (SSSR count). The van der Waals surface area contributed by atoms with E-state index in [4.69, 9.17) is 0 Å². The van der Waals surface area contributed by atoms with Gasteiger partial charge in [0.05, 0.1) is 11.4 Å². The topological polar surface area (TPSA) is 52.7 Å². The van der Waals surface area contributed by atoms with Gasteiger partial charge in [-0.25, -0.2) is 4.39 Å². The molecule has 132 valence electrons. The fraction of sp³-hybridized carbons (Fsp3) is 0.333. The summed E-state index contributed by atoms with van der Waals surface area (Å²) in [6, 6.07) is 10.0. The number of carbonyl (C=O) groups excluding carboxylic acids is 2. The number of aryl methyl sites for hydroxylation is 1. The average Bonchev–Trinajstić information content (AvgIpc) is 3.07. The van der Waals surface area contributed by atoms with Gasteiger partial charge in [0.15, 0.2) is 0 Å². The zero-order valence-corrected chi connectivity index (χ0v) is 14.8.